The SMILES string of the molecule is CC(Sc1ncc(-c2ccccc2)[nH]1)C(=O)Nc1cccc(C#N)c1. The predicted octanol–water partition coefficient (Wildman–Crippen LogP) is 4.07. The van der Waals surface area contributed by atoms with Crippen LogP contribution in [0.3, 0.4) is 0 Å². The third-order valence-electron chi connectivity index (χ3n) is 3.55. The smallest absolute Gasteiger partial charge is 0.237 e. The number of aromatic amines is 1. The van der Waals surface area contributed by atoms with Crippen molar-refractivity contribution in [3.63, 3.8) is 0 Å². The molecule has 0 radical (unpaired) electrons. The van der Waals surface area contributed by atoms with Crippen molar-refractivity contribution in [3.05, 3.63) is 66.4 Å². The zero-order valence-corrected chi connectivity index (χ0v) is 14.4. The minimum atomic E-state index is -0.333. The Balaban J connectivity index is 1.64. The fraction of sp³-hybridized carbons (Fsp3) is 0.105. The van der Waals surface area contributed by atoms with Gasteiger partial charge >= 0.3 is 0 Å². The first-order valence-corrected chi connectivity index (χ1v) is 8.62. The van der Waals surface area contributed by atoms with Crippen LogP contribution < -0.4 is 5.32 Å². The predicted molar refractivity (Wildman–Crippen MR) is 99.1 cm³/mol. The summed E-state index contributed by atoms with van der Waals surface area (Å²) in [7, 11) is 0. The molecule has 1 heterocycles. The van der Waals surface area contributed by atoms with Crippen LogP contribution in [-0.4, -0.2) is 21.1 Å². The van der Waals surface area contributed by atoms with Gasteiger partial charge in [0.1, 0.15) is 0 Å². The molecule has 1 aromatic heterocycles. The van der Waals surface area contributed by atoms with Crippen LogP contribution in [0.5, 0.6) is 0 Å². The summed E-state index contributed by atoms with van der Waals surface area (Å²) in [6.07, 6.45) is 1.76. The molecule has 5 nitrogen and oxygen atoms in total. The molecule has 1 atom stereocenters. The van der Waals surface area contributed by atoms with E-state index < -0.39 is 0 Å². The van der Waals surface area contributed by atoms with E-state index in [2.05, 4.69) is 21.4 Å². The van der Waals surface area contributed by atoms with E-state index in [0.29, 0.717) is 16.4 Å². The van der Waals surface area contributed by atoms with Gasteiger partial charge in [-0.15, -0.1) is 0 Å². The van der Waals surface area contributed by atoms with Crippen molar-refractivity contribution in [1.82, 2.24) is 9.97 Å². The number of amides is 1. The van der Waals surface area contributed by atoms with Crippen molar-refractivity contribution in [3.8, 4) is 17.3 Å². The molecule has 0 aliphatic carbocycles. The molecule has 25 heavy (non-hydrogen) atoms. The van der Waals surface area contributed by atoms with Crippen molar-refractivity contribution in [2.75, 3.05) is 5.32 Å². The van der Waals surface area contributed by atoms with Crippen molar-refractivity contribution in [1.29, 1.82) is 5.26 Å². The van der Waals surface area contributed by atoms with Gasteiger partial charge in [-0.2, -0.15) is 5.26 Å². The Kier molecular flexibility index (Phi) is 5.17. The average Bonchev–Trinajstić information content (AvgIpc) is 3.11. The molecule has 0 spiro atoms. The Morgan fingerprint density at radius 2 is 2.04 bits per heavy atom. The van der Waals surface area contributed by atoms with E-state index in [9.17, 15) is 4.79 Å². The number of hydrogen-bond acceptors (Lipinski definition) is 4. The number of thioether (sulfide) groups is 1. The van der Waals surface area contributed by atoms with Crippen LogP contribution >= 0.6 is 11.8 Å². The van der Waals surface area contributed by atoms with Gasteiger partial charge in [0.05, 0.1) is 28.8 Å². The molecule has 6 heteroatoms. The van der Waals surface area contributed by atoms with E-state index in [4.69, 9.17) is 5.26 Å². The number of H-pyrrole nitrogens is 1. The van der Waals surface area contributed by atoms with Gasteiger partial charge in [0.15, 0.2) is 5.16 Å². The van der Waals surface area contributed by atoms with Crippen molar-refractivity contribution in [2.45, 2.75) is 17.3 Å². The minimum absolute atomic E-state index is 0.141. The molecule has 2 N–H and O–H groups in total. The number of nitriles is 1. The van der Waals surface area contributed by atoms with E-state index in [1.807, 2.05) is 37.3 Å². The summed E-state index contributed by atoms with van der Waals surface area (Å²) >= 11 is 1.35. The summed E-state index contributed by atoms with van der Waals surface area (Å²) in [5.41, 5.74) is 3.09. The maximum absolute atomic E-state index is 12.3. The first-order valence-electron chi connectivity index (χ1n) is 7.74. The summed E-state index contributed by atoms with van der Waals surface area (Å²) in [6.45, 7) is 1.82. The quantitative estimate of drug-likeness (QED) is 0.681. The lowest BCUT2D eigenvalue weighted by Crippen LogP contribution is -2.22. The molecule has 0 aliphatic heterocycles. The summed E-state index contributed by atoms with van der Waals surface area (Å²) < 4.78 is 0. The number of benzene rings is 2. The largest absolute Gasteiger partial charge is 0.333 e. The average molecular weight is 348 g/mol. The number of nitrogens with zero attached hydrogens (tertiary/aromatic N) is 2. The number of carbonyl (C=O) groups excluding carboxylic acids is 1. The fourth-order valence-corrected chi connectivity index (χ4v) is 3.04. The Morgan fingerprint density at radius 3 is 2.80 bits per heavy atom. The van der Waals surface area contributed by atoms with Crippen molar-refractivity contribution in [2.24, 2.45) is 0 Å². The van der Waals surface area contributed by atoms with Gasteiger partial charge < -0.3 is 10.3 Å². The Morgan fingerprint density at radius 1 is 1.24 bits per heavy atom. The second-order valence-corrected chi connectivity index (χ2v) is 6.74. The molecule has 1 amide bonds. The lowest BCUT2D eigenvalue weighted by Gasteiger charge is -2.10. The highest BCUT2D eigenvalue weighted by atomic mass is 32.2. The normalized spacial score (nSPS) is 11.5. The molecule has 0 saturated carbocycles. The van der Waals surface area contributed by atoms with Gasteiger partial charge in [0.2, 0.25) is 5.91 Å². The van der Waals surface area contributed by atoms with Gasteiger partial charge in [-0.05, 0) is 30.7 Å². The van der Waals surface area contributed by atoms with Gasteiger partial charge in [0, 0.05) is 5.69 Å². The Hall–Kier alpha value is -3.04. The van der Waals surface area contributed by atoms with Crippen LogP contribution in [0.25, 0.3) is 11.3 Å². The first kappa shape index (κ1) is 16.8. The van der Waals surface area contributed by atoms with Gasteiger partial charge in [-0.25, -0.2) is 4.98 Å². The molecule has 3 aromatic rings. The minimum Gasteiger partial charge on any atom is -0.333 e. The Labute approximate surface area is 150 Å². The zero-order chi connectivity index (χ0) is 17.6. The molecule has 2 aromatic carbocycles. The van der Waals surface area contributed by atoms with E-state index >= 15 is 0 Å². The number of imidazole rings is 1. The van der Waals surface area contributed by atoms with Crippen LogP contribution in [0.4, 0.5) is 5.69 Å². The first-order chi connectivity index (χ1) is 12.2. The summed E-state index contributed by atoms with van der Waals surface area (Å²) in [4.78, 5) is 19.9. The molecule has 0 aliphatic rings. The molecule has 0 bridgehead atoms. The van der Waals surface area contributed by atoms with E-state index in [1.54, 1.807) is 30.5 Å². The summed E-state index contributed by atoms with van der Waals surface area (Å²) in [6, 6.07) is 18.8. The van der Waals surface area contributed by atoms with Crippen molar-refractivity contribution >= 4 is 23.4 Å². The molecule has 0 saturated heterocycles. The molecular formula is C19H16N4OS. The third-order valence-corrected chi connectivity index (χ3v) is 4.55. The van der Waals surface area contributed by atoms with E-state index in [1.165, 1.54) is 11.8 Å². The highest BCUT2D eigenvalue weighted by Crippen LogP contribution is 2.25. The van der Waals surface area contributed by atoms with Gasteiger partial charge in [0.25, 0.3) is 0 Å². The molecular weight excluding hydrogens is 332 g/mol. The lowest BCUT2D eigenvalue weighted by molar-refractivity contribution is -0.115. The number of aromatic nitrogens is 2. The molecule has 1 unspecified atom stereocenters. The number of carbonyl (C=O) groups is 1. The highest BCUT2D eigenvalue weighted by molar-refractivity contribution is 8.00. The highest BCUT2D eigenvalue weighted by Gasteiger charge is 2.16. The number of hydrogen-bond donors (Lipinski definition) is 2. The topological polar surface area (TPSA) is 81.6 Å². The standard InChI is InChI=1S/C19H16N4OS/c1-13(18(24)22-16-9-5-6-14(10-16)11-20)25-19-21-12-17(23-19)15-7-3-2-4-8-15/h2-10,12-13H,1H3,(H,21,23)(H,22,24). The van der Waals surface area contributed by atoms with Crippen LogP contribution in [-0.2, 0) is 4.79 Å². The van der Waals surface area contributed by atoms with Crippen LogP contribution in [0.1, 0.15) is 12.5 Å². The molecule has 0 fully saturated rings. The van der Waals surface area contributed by atoms with Crippen LogP contribution in [0.2, 0.25) is 0 Å². The monoisotopic (exact) mass is 348 g/mol. The number of nitrogens with one attached hydrogen (secondary N) is 2. The number of rotatable bonds is 5. The van der Waals surface area contributed by atoms with Crippen LogP contribution in [0, 0.1) is 11.3 Å². The molecule has 3 rings (SSSR count). The maximum Gasteiger partial charge on any atom is 0.237 e. The molecule has 124 valence electrons. The van der Waals surface area contributed by atoms with Crippen molar-refractivity contribution < 1.29 is 4.79 Å². The second kappa shape index (κ2) is 7.69. The zero-order valence-electron chi connectivity index (χ0n) is 13.6. The van der Waals surface area contributed by atoms with Crippen LogP contribution in [0.15, 0.2) is 66.0 Å². The van der Waals surface area contributed by atoms with E-state index in [-0.39, 0.29) is 11.2 Å². The maximum atomic E-state index is 12.3. The third kappa shape index (κ3) is 4.28. The summed E-state index contributed by atoms with van der Waals surface area (Å²) in [5.74, 6) is -0.141. The lowest BCUT2D eigenvalue weighted by atomic mass is 10.2. The number of anilines is 1. The Bertz CT molecular complexity index is 914. The second-order valence-electron chi connectivity index (χ2n) is 5.41. The summed E-state index contributed by atoms with van der Waals surface area (Å²) in [5, 5.41) is 12.1. The van der Waals surface area contributed by atoms with Gasteiger partial charge in [-0.3, -0.25) is 4.79 Å². The fourth-order valence-electron chi connectivity index (χ4n) is 2.26. The van der Waals surface area contributed by atoms with Gasteiger partial charge in [-0.1, -0.05) is 48.2 Å². The van der Waals surface area contributed by atoms with E-state index in [0.717, 1.165) is 11.3 Å².